The third-order valence-corrected chi connectivity index (χ3v) is 7.33. The van der Waals surface area contributed by atoms with E-state index in [1.165, 1.54) is 12.1 Å². The van der Waals surface area contributed by atoms with Crippen LogP contribution in [0.1, 0.15) is 45.5 Å². The fourth-order valence-corrected chi connectivity index (χ4v) is 5.21. The number of piperazine rings is 1. The topological polar surface area (TPSA) is 116 Å². The van der Waals surface area contributed by atoms with Crippen molar-refractivity contribution in [2.24, 2.45) is 0 Å². The zero-order chi connectivity index (χ0) is 27.5. The van der Waals surface area contributed by atoms with Gasteiger partial charge in [0.2, 0.25) is 17.7 Å². The molecule has 0 spiro atoms. The quantitative estimate of drug-likeness (QED) is 0.400. The summed E-state index contributed by atoms with van der Waals surface area (Å²) >= 11 is 0. The molecule has 5 amide bonds. The van der Waals surface area contributed by atoms with Crippen LogP contribution in [-0.4, -0.2) is 89.6 Å². The van der Waals surface area contributed by atoms with Gasteiger partial charge in [-0.3, -0.25) is 39.1 Å². The highest BCUT2D eigenvalue weighted by Gasteiger charge is 2.46. The van der Waals surface area contributed by atoms with Crippen molar-refractivity contribution in [2.45, 2.75) is 31.7 Å². The van der Waals surface area contributed by atoms with Gasteiger partial charge in [0, 0.05) is 39.1 Å². The van der Waals surface area contributed by atoms with Gasteiger partial charge in [-0.15, -0.1) is 0 Å². The minimum atomic E-state index is -1.03. The second kappa shape index (κ2) is 11.3. The van der Waals surface area contributed by atoms with E-state index in [1.54, 1.807) is 35.2 Å². The lowest BCUT2D eigenvalue weighted by Gasteiger charge is -2.34. The van der Waals surface area contributed by atoms with Crippen molar-refractivity contribution in [3.05, 3.63) is 65.0 Å². The molecule has 1 N–H and O–H groups in total. The highest BCUT2D eigenvalue weighted by atomic mass is 19.1. The van der Waals surface area contributed by atoms with Gasteiger partial charge in [0.05, 0.1) is 24.2 Å². The maximum Gasteiger partial charge on any atom is 0.266 e. The summed E-state index contributed by atoms with van der Waals surface area (Å²) in [6, 6.07) is 10.1. The summed E-state index contributed by atoms with van der Waals surface area (Å²) in [5, 5.41) is 2.19. The minimum absolute atomic E-state index is 0.0457. The first kappa shape index (κ1) is 26.5. The van der Waals surface area contributed by atoms with Gasteiger partial charge in [-0.25, -0.2) is 4.39 Å². The standard InChI is InChI=1S/C28H29FN4O6/c29-20-7-2-1-5-18(20)17-24(35)32-14-12-31(13-15-32)11-4-16-39-22-8-3-6-19-25(22)28(38)33(27(19)37)21-9-10-23(34)30-26(21)36/h1-3,5-8,21H,4,9-17H2,(H,30,34,36). The lowest BCUT2D eigenvalue weighted by Crippen LogP contribution is -2.54. The molecule has 2 aromatic rings. The number of benzene rings is 2. The summed E-state index contributed by atoms with van der Waals surface area (Å²) in [5.41, 5.74) is 0.711. The molecule has 0 aliphatic carbocycles. The average Bonchev–Trinajstić information content (AvgIpc) is 3.18. The Morgan fingerprint density at radius 3 is 2.49 bits per heavy atom. The minimum Gasteiger partial charge on any atom is -0.493 e. The van der Waals surface area contributed by atoms with E-state index >= 15 is 0 Å². The number of carbonyl (C=O) groups is 5. The summed E-state index contributed by atoms with van der Waals surface area (Å²) in [7, 11) is 0. The lowest BCUT2D eigenvalue weighted by atomic mass is 10.0. The SMILES string of the molecule is O=C1CCC(N2C(=O)c3cccc(OCCCN4CCN(C(=O)Cc5ccccc5F)CC4)c3C2=O)C(=O)N1. The monoisotopic (exact) mass is 536 g/mol. The third-order valence-electron chi connectivity index (χ3n) is 7.33. The molecule has 0 saturated carbocycles. The predicted molar refractivity (Wildman–Crippen MR) is 136 cm³/mol. The van der Waals surface area contributed by atoms with Crippen molar-refractivity contribution >= 4 is 29.5 Å². The first-order valence-electron chi connectivity index (χ1n) is 13.0. The lowest BCUT2D eigenvalue weighted by molar-refractivity contribution is -0.136. The van der Waals surface area contributed by atoms with Crippen LogP contribution in [0.25, 0.3) is 0 Å². The van der Waals surface area contributed by atoms with E-state index in [1.807, 2.05) is 0 Å². The molecule has 204 valence electrons. The van der Waals surface area contributed by atoms with E-state index in [-0.39, 0.29) is 47.9 Å². The number of hydrogen-bond donors (Lipinski definition) is 1. The first-order valence-corrected chi connectivity index (χ1v) is 13.0. The van der Waals surface area contributed by atoms with Gasteiger partial charge in [-0.2, -0.15) is 0 Å². The number of piperidine rings is 1. The Labute approximate surface area is 224 Å². The smallest absolute Gasteiger partial charge is 0.266 e. The van der Waals surface area contributed by atoms with E-state index < -0.39 is 29.7 Å². The molecule has 0 bridgehead atoms. The van der Waals surface area contributed by atoms with E-state index in [9.17, 15) is 28.4 Å². The molecule has 5 rings (SSSR count). The molecular formula is C28H29FN4O6. The maximum atomic E-state index is 13.9. The zero-order valence-corrected chi connectivity index (χ0v) is 21.4. The van der Waals surface area contributed by atoms with Crippen molar-refractivity contribution in [1.29, 1.82) is 0 Å². The normalized spacial score (nSPS) is 19.8. The van der Waals surface area contributed by atoms with Crippen LogP contribution in [0.4, 0.5) is 4.39 Å². The first-order chi connectivity index (χ1) is 18.8. The number of hydrogen-bond acceptors (Lipinski definition) is 7. The molecule has 2 saturated heterocycles. The van der Waals surface area contributed by atoms with E-state index in [0.29, 0.717) is 44.8 Å². The number of ether oxygens (including phenoxy) is 1. The predicted octanol–water partition coefficient (Wildman–Crippen LogP) is 1.38. The molecule has 0 radical (unpaired) electrons. The zero-order valence-electron chi connectivity index (χ0n) is 21.4. The second-order valence-electron chi connectivity index (χ2n) is 9.82. The number of fused-ring (bicyclic) bond motifs is 1. The summed E-state index contributed by atoms with van der Waals surface area (Å²) in [6.07, 6.45) is 0.853. The Hall–Kier alpha value is -4.12. The largest absolute Gasteiger partial charge is 0.493 e. The van der Waals surface area contributed by atoms with Crippen molar-refractivity contribution in [3.8, 4) is 5.75 Å². The van der Waals surface area contributed by atoms with E-state index in [2.05, 4.69) is 10.2 Å². The van der Waals surface area contributed by atoms with Crippen LogP contribution in [0.2, 0.25) is 0 Å². The average molecular weight is 537 g/mol. The van der Waals surface area contributed by atoms with Crippen LogP contribution in [0, 0.1) is 5.82 Å². The van der Waals surface area contributed by atoms with Gasteiger partial charge in [0.25, 0.3) is 11.8 Å². The molecule has 3 aliphatic rings. The Morgan fingerprint density at radius 2 is 1.74 bits per heavy atom. The van der Waals surface area contributed by atoms with Crippen molar-refractivity contribution in [3.63, 3.8) is 0 Å². The Balaban J connectivity index is 1.10. The van der Waals surface area contributed by atoms with Crippen LogP contribution in [0.5, 0.6) is 5.75 Å². The molecule has 39 heavy (non-hydrogen) atoms. The highest BCUT2D eigenvalue weighted by Crippen LogP contribution is 2.33. The van der Waals surface area contributed by atoms with Gasteiger partial charge in [0.1, 0.15) is 17.6 Å². The molecule has 0 aromatic heterocycles. The molecule has 2 aromatic carbocycles. The summed E-state index contributed by atoms with van der Waals surface area (Å²) in [4.78, 5) is 67.3. The molecule has 3 heterocycles. The Kier molecular flexibility index (Phi) is 7.69. The number of nitrogens with zero attached hydrogens (tertiary/aromatic N) is 3. The molecule has 1 unspecified atom stereocenters. The fourth-order valence-electron chi connectivity index (χ4n) is 5.21. The summed E-state index contributed by atoms with van der Waals surface area (Å²) in [6.45, 7) is 3.54. The van der Waals surface area contributed by atoms with Crippen LogP contribution >= 0.6 is 0 Å². The molecule has 11 heteroatoms. The van der Waals surface area contributed by atoms with Crippen molar-refractivity contribution in [1.82, 2.24) is 20.0 Å². The Morgan fingerprint density at radius 1 is 0.974 bits per heavy atom. The number of nitrogens with one attached hydrogen (secondary N) is 1. The van der Waals surface area contributed by atoms with Gasteiger partial charge in [-0.1, -0.05) is 24.3 Å². The van der Waals surface area contributed by atoms with E-state index in [0.717, 1.165) is 11.4 Å². The van der Waals surface area contributed by atoms with Crippen LogP contribution in [-0.2, 0) is 20.8 Å². The molecule has 2 fully saturated rings. The molecule has 3 aliphatic heterocycles. The van der Waals surface area contributed by atoms with Gasteiger partial charge in [0.15, 0.2) is 0 Å². The van der Waals surface area contributed by atoms with Gasteiger partial charge >= 0.3 is 0 Å². The third kappa shape index (κ3) is 5.53. The fraction of sp³-hybridized carbons (Fsp3) is 0.393. The van der Waals surface area contributed by atoms with Gasteiger partial charge < -0.3 is 9.64 Å². The van der Waals surface area contributed by atoms with Crippen LogP contribution < -0.4 is 10.1 Å². The summed E-state index contributed by atoms with van der Waals surface area (Å²) in [5.74, 6) is -2.43. The van der Waals surface area contributed by atoms with E-state index in [4.69, 9.17) is 4.74 Å². The molecule has 10 nitrogen and oxygen atoms in total. The number of halogens is 1. The number of rotatable bonds is 8. The van der Waals surface area contributed by atoms with Crippen LogP contribution in [0.15, 0.2) is 42.5 Å². The highest BCUT2D eigenvalue weighted by molar-refractivity contribution is 6.24. The Bertz CT molecular complexity index is 1320. The number of imide groups is 2. The van der Waals surface area contributed by atoms with Crippen molar-refractivity contribution < 1.29 is 33.1 Å². The van der Waals surface area contributed by atoms with Gasteiger partial charge in [-0.05, 0) is 36.6 Å². The molecule has 1 atom stereocenters. The second-order valence-corrected chi connectivity index (χ2v) is 9.82. The number of amides is 5. The van der Waals surface area contributed by atoms with Crippen LogP contribution in [0.3, 0.4) is 0 Å². The van der Waals surface area contributed by atoms with Crippen molar-refractivity contribution in [2.75, 3.05) is 39.3 Å². The maximum absolute atomic E-state index is 13.9. The molecular weight excluding hydrogens is 507 g/mol. The summed E-state index contributed by atoms with van der Waals surface area (Å²) < 4.78 is 19.8. The number of carbonyl (C=O) groups excluding carboxylic acids is 5.